The normalized spacial score (nSPS) is 11.9. The lowest BCUT2D eigenvalue weighted by molar-refractivity contribution is 0.394. The van der Waals surface area contributed by atoms with Crippen molar-refractivity contribution >= 4 is 15.7 Å². The smallest absolute Gasteiger partial charge is 0.244 e. The van der Waals surface area contributed by atoms with Gasteiger partial charge in [-0.1, -0.05) is 12.1 Å². The van der Waals surface area contributed by atoms with Gasteiger partial charge in [-0.15, -0.1) is 0 Å². The van der Waals surface area contributed by atoms with Crippen LogP contribution < -0.4 is 5.73 Å². The van der Waals surface area contributed by atoms with E-state index in [0.29, 0.717) is 0 Å². The Morgan fingerprint density at radius 2 is 2.00 bits per heavy atom. The van der Waals surface area contributed by atoms with Crippen molar-refractivity contribution in [2.24, 2.45) is 0 Å². The molecule has 0 unspecified atom stereocenters. The third kappa shape index (κ3) is 2.45. The zero-order valence-corrected chi connectivity index (χ0v) is 9.17. The van der Waals surface area contributed by atoms with Gasteiger partial charge in [-0.3, -0.25) is 0 Å². The maximum atomic E-state index is 12.1. The number of nitrogen functional groups attached to an aromatic ring is 1. The molecule has 2 N–H and O–H groups in total. The molecule has 0 saturated carbocycles. The predicted octanol–water partition coefficient (Wildman–Crippen LogP) is 0.859. The van der Waals surface area contributed by atoms with Gasteiger partial charge in [-0.05, 0) is 12.1 Å². The topological polar surface area (TPSA) is 63.4 Å². The number of anilines is 1. The lowest BCUT2D eigenvalue weighted by Gasteiger charge is -2.16. The second kappa shape index (κ2) is 4.59. The summed E-state index contributed by atoms with van der Waals surface area (Å²) in [5.41, 5.74) is 5.71. The molecule has 84 valence electrons. The minimum absolute atomic E-state index is 0.0148. The van der Waals surface area contributed by atoms with Gasteiger partial charge < -0.3 is 5.73 Å². The number of halogens is 1. The second-order valence-electron chi connectivity index (χ2n) is 3.05. The Morgan fingerprint density at radius 1 is 1.40 bits per heavy atom. The zero-order valence-electron chi connectivity index (χ0n) is 8.35. The van der Waals surface area contributed by atoms with Gasteiger partial charge in [0.1, 0.15) is 11.6 Å². The van der Waals surface area contributed by atoms with E-state index in [1.165, 1.54) is 19.2 Å². The maximum absolute atomic E-state index is 12.1. The second-order valence-corrected chi connectivity index (χ2v) is 5.07. The number of sulfonamides is 1. The van der Waals surface area contributed by atoms with Crippen LogP contribution in [0.3, 0.4) is 0 Å². The molecule has 1 aromatic rings. The summed E-state index contributed by atoms with van der Waals surface area (Å²) in [6.45, 7) is -0.890. The summed E-state index contributed by atoms with van der Waals surface area (Å²) < 4.78 is 36.6. The van der Waals surface area contributed by atoms with Crippen LogP contribution in [0.1, 0.15) is 0 Å². The fourth-order valence-electron chi connectivity index (χ4n) is 1.12. The number of hydrogen-bond acceptors (Lipinski definition) is 3. The van der Waals surface area contributed by atoms with Crippen LogP contribution in [0.5, 0.6) is 0 Å². The number of para-hydroxylation sites is 1. The fraction of sp³-hybridized carbons (Fsp3) is 0.333. The summed E-state index contributed by atoms with van der Waals surface area (Å²) in [7, 11) is -2.34. The molecule has 0 bridgehead atoms. The molecule has 0 aliphatic rings. The Hall–Kier alpha value is -1.14. The van der Waals surface area contributed by atoms with Crippen molar-refractivity contribution in [1.29, 1.82) is 0 Å². The molecule has 0 atom stereocenters. The highest BCUT2D eigenvalue weighted by Crippen LogP contribution is 2.20. The van der Waals surface area contributed by atoms with Crippen molar-refractivity contribution in [3.05, 3.63) is 24.3 Å². The van der Waals surface area contributed by atoms with E-state index in [1.54, 1.807) is 12.1 Å². The van der Waals surface area contributed by atoms with Crippen LogP contribution in [0.4, 0.5) is 10.1 Å². The van der Waals surface area contributed by atoms with Crippen LogP contribution in [0.15, 0.2) is 29.2 Å². The molecule has 1 aromatic carbocycles. The molecular formula is C9H13FN2O2S. The predicted molar refractivity (Wildman–Crippen MR) is 56.6 cm³/mol. The van der Waals surface area contributed by atoms with Crippen LogP contribution in [0.25, 0.3) is 0 Å². The van der Waals surface area contributed by atoms with Gasteiger partial charge in [0.15, 0.2) is 0 Å². The average Bonchev–Trinajstić information content (AvgIpc) is 2.18. The monoisotopic (exact) mass is 232 g/mol. The van der Waals surface area contributed by atoms with Crippen molar-refractivity contribution in [3.63, 3.8) is 0 Å². The number of nitrogens with two attached hydrogens (primary N) is 1. The first kappa shape index (κ1) is 11.9. The quantitative estimate of drug-likeness (QED) is 0.783. The van der Waals surface area contributed by atoms with Crippen molar-refractivity contribution in [2.75, 3.05) is 26.0 Å². The Balaban J connectivity index is 3.12. The molecule has 0 aliphatic carbocycles. The lowest BCUT2D eigenvalue weighted by atomic mass is 10.3. The van der Waals surface area contributed by atoms with E-state index in [4.69, 9.17) is 5.73 Å². The molecular weight excluding hydrogens is 219 g/mol. The van der Waals surface area contributed by atoms with E-state index in [1.807, 2.05) is 0 Å². The first-order valence-electron chi connectivity index (χ1n) is 4.37. The SMILES string of the molecule is CN(CCF)S(=O)(=O)c1ccccc1N. The molecule has 6 heteroatoms. The fourth-order valence-corrected chi connectivity index (χ4v) is 2.38. The molecule has 0 aromatic heterocycles. The molecule has 0 saturated heterocycles. The van der Waals surface area contributed by atoms with E-state index in [0.717, 1.165) is 4.31 Å². The molecule has 0 spiro atoms. The van der Waals surface area contributed by atoms with Crippen molar-refractivity contribution in [3.8, 4) is 0 Å². The molecule has 0 fully saturated rings. The van der Waals surface area contributed by atoms with Crippen LogP contribution in [-0.2, 0) is 10.0 Å². The standard InChI is InChI=1S/C9H13FN2O2S/c1-12(7-6-10)15(13,14)9-5-3-2-4-8(9)11/h2-5H,6-7,11H2,1H3. The Bertz CT molecular complexity index is 433. The lowest BCUT2D eigenvalue weighted by Crippen LogP contribution is -2.29. The van der Waals surface area contributed by atoms with Crippen LogP contribution in [0.2, 0.25) is 0 Å². The van der Waals surface area contributed by atoms with Gasteiger partial charge in [0.2, 0.25) is 10.0 Å². The van der Waals surface area contributed by atoms with Crippen LogP contribution >= 0.6 is 0 Å². The Labute approximate surface area is 88.6 Å². The molecule has 0 radical (unpaired) electrons. The highest BCUT2D eigenvalue weighted by molar-refractivity contribution is 7.89. The molecule has 4 nitrogen and oxygen atoms in total. The minimum Gasteiger partial charge on any atom is -0.398 e. The minimum atomic E-state index is -3.66. The van der Waals surface area contributed by atoms with Gasteiger partial charge in [-0.25, -0.2) is 12.8 Å². The summed E-state index contributed by atoms with van der Waals surface area (Å²) in [5.74, 6) is 0. The average molecular weight is 232 g/mol. The Morgan fingerprint density at radius 3 is 2.53 bits per heavy atom. The molecule has 15 heavy (non-hydrogen) atoms. The van der Waals surface area contributed by atoms with Crippen LogP contribution in [0, 0.1) is 0 Å². The van der Waals surface area contributed by atoms with Gasteiger partial charge >= 0.3 is 0 Å². The summed E-state index contributed by atoms with van der Waals surface area (Å²) >= 11 is 0. The third-order valence-electron chi connectivity index (χ3n) is 2.01. The van der Waals surface area contributed by atoms with Gasteiger partial charge in [0.05, 0.1) is 5.69 Å². The maximum Gasteiger partial charge on any atom is 0.244 e. The molecule has 0 amide bonds. The van der Waals surface area contributed by atoms with E-state index >= 15 is 0 Å². The van der Waals surface area contributed by atoms with Crippen molar-refractivity contribution in [2.45, 2.75) is 4.90 Å². The number of benzene rings is 1. The van der Waals surface area contributed by atoms with Crippen LogP contribution in [-0.4, -0.2) is 33.0 Å². The van der Waals surface area contributed by atoms with Gasteiger partial charge in [0, 0.05) is 13.6 Å². The summed E-state index contributed by atoms with van der Waals surface area (Å²) in [4.78, 5) is 0.0148. The Kier molecular flexibility index (Phi) is 3.65. The first-order chi connectivity index (χ1) is 7.00. The number of alkyl halides is 1. The van der Waals surface area contributed by atoms with E-state index in [-0.39, 0.29) is 17.1 Å². The molecule has 0 aliphatic heterocycles. The summed E-state index contributed by atoms with van der Waals surface area (Å²) in [5, 5.41) is 0. The van der Waals surface area contributed by atoms with Crippen molar-refractivity contribution in [1.82, 2.24) is 4.31 Å². The van der Waals surface area contributed by atoms with E-state index in [2.05, 4.69) is 0 Å². The highest BCUT2D eigenvalue weighted by Gasteiger charge is 2.22. The summed E-state index contributed by atoms with van der Waals surface area (Å²) in [6.07, 6.45) is 0. The first-order valence-corrected chi connectivity index (χ1v) is 5.81. The highest BCUT2D eigenvalue weighted by atomic mass is 32.2. The number of hydrogen-bond donors (Lipinski definition) is 1. The van der Waals surface area contributed by atoms with Gasteiger partial charge in [-0.2, -0.15) is 4.31 Å². The largest absolute Gasteiger partial charge is 0.398 e. The van der Waals surface area contributed by atoms with Crippen molar-refractivity contribution < 1.29 is 12.8 Å². The molecule has 1 rings (SSSR count). The zero-order chi connectivity index (χ0) is 11.5. The van der Waals surface area contributed by atoms with E-state index in [9.17, 15) is 12.8 Å². The van der Waals surface area contributed by atoms with Gasteiger partial charge in [0.25, 0.3) is 0 Å². The molecule has 0 heterocycles. The summed E-state index contributed by atoms with van der Waals surface area (Å²) in [6, 6.07) is 6.12. The van der Waals surface area contributed by atoms with E-state index < -0.39 is 16.7 Å². The third-order valence-corrected chi connectivity index (χ3v) is 3.94. The number of rotatable bonds is 4. The number of nitrogens with zero attached hydrogens (tertiary/aromatic N) is 1.